The molecule has 0 bridgehead atoms. The maximum Gasteiger partial charge on any atom is 0.311 e. The minimum atomic E-state index is -0.164. The van der Waals surface area contributed by atoms with E-state index in [9.17, 15) is 4.79 Å². The summed E-state index contributed by atoms with van der Waals surface area (Å²) in [5.74, 6) is 0.430. The van der Waals surface area contributed by atoms with E-state index in [1.165, 1.54) is 0 Å². The third kappa shape index (κ3) is 4.25. The Bertz CT molecular complexity index is 566. The van der Waals surface area contributed by atoms with Crippen LogP contribution >= 0.6 is 12.4 Å². The fourth-order valence-electron chi connectivity index (χ4n) is 2.05. The van der Waals surface area contributed by atoms with Gasteiger partial charge < -0.3 is 15.5 Å². The van der Waals surface area contributed by atoms with Gasteiger partial charge in [-0.05, 0) is 30.7 Å². The zero-order valence-electron chi connectivity index (χ0n) is 11.6. The number of aromatic nitrogens is 1. The quantitative estimate of drug-likeness (QED) is 0.487. The molecule has 1 aromatic heterocycles. The molecule has 0 spiro atoms. The van der Waals surface area contributed by atoms with Gasteiger partial charge in [0.15, 0.2) is 0 Å². The van der Waals surface area contributed by atoms with E-state index in [2.05, 4.69) is 11.9 Å². The van der Waals surface area contributed by atoms with Crippen molar-refractivity contribution < 1.29 is 9.53 Å². The zero-order chi connectivity index (χ0) is 13.7. The van der Waals surface area contributed by atoms with Crippen LogP contribution in [0.2, 0.25) is 0 Å². The third-order valence-corrected chi connectivity index (χ3v) is 3.08. The summed E-state index contributed by atoms with van der Waals surface area (Å²) in [6, 6.07) is 7.55. The number of benzene rings is 1. The van der Waals surface area contributed by atoms with E-state index in [-0.39, 0.29) is 18.4 Å². The van der Waals surface area contributed by atoms with Crippen LogP contribution in [0.25, 0.3) is 10.9 Å². The van der Waals surface area contributed by atoms with E-state index in [1.54, 1.807) is 6.07 Å². The molecule has 1 heterocycles. The number of nitrogens with one attached hydrogen (secondary N) is 1. The van der Waals surface area contributed by atoms with Gasteiger partial charge in [0.1, 0.15) is 5.75 Å². The lowest BCUT2D eigenvalue weighted by atomic mass is 10.2. The fourth-order valence-corrected chi connectivity index (χ4v) is 2.05. The Balaban J connectivity index is 0.00000200. The first kappa shape index (κ1) is 16.5. The molecular formula is C15H21ClN2O2. The second-order valence-corrected chi connectivity index (χ2v) is 4.68. The molecule has 4 nitrogen and oxygen atoms in total. The molecule has 0 saturated carbocycles. The number of carbonyl (C=O) groups is 1. The van der Waals surface area contributed by atoms with Crippen molar-refractivity contribution in [3.8, 4) is 5.75 Å². The number of nitrogens with two attached hydrogens (primary N) is 1. The second kappa shape index (κ2) is 7.92. The van der Waals surface area contributed by atoms with Gasteiger partial charge in [-0.25, -0.2) is 0 Å². The van der Waals surface area contributed by atoms with Crippen LogP contribution in [0.5, 0.6) is 5.75 Å². The molecular weight excluding hydrogens is 276 g/mol. The number of H-pyrrole nitrogens is 1. The molecule has 5 heteroatoms. The molecule has 0 atom stereocenters. The van der Waals surface area contributed by atoms with E-state index in [1.807, 2.05) is 18.2 Å². The minimum Gasteiger partial charge on any atom is -0.427 e. The smallest absolute Gasteiger partial charge is 0.311 e. The van der Waals surface area contributed by atoms with Gasteiger partial charge in [-0.3, -0.25) is 4.79 Å². The Labute approximate surface area is 125 Å². The summed E-state index contributed by atoms with van der Waals surface area (Å²) in [6.07, 6.45) is 3.53. The fraction of sp³-hybridized carbons (Fsp3) is 0.400. The van der Waals surface area contributed by atoms with Crippen LogP contribution < -0.4 is 10.5 Å². The van der Waals surface area contributed by atoms with E-state index < -0.39 is 0 Å². The standard InChI is InChI=1S/C15H20N2O2.ClH/c1-2-3-4-5-15(18)19-13-6-7-14-11(9-13)8-12(10-16)17-14;/h6-9,17H,2-5,10,16H2,1H3;1H. The van der Waals surface area contributed by atoms with E-state index in [0.717, 1.165) is 35.9 Å². The lowest BCUT2D eigenvalue weighted by Crippen LogP contribution is -2.07. The molecule has 0 aliphatic rings. The van der Waals surface area contributed by atoms with Gasteiger partial charge in [0.2, 0.25) is 0 Å². The van der Waals surface area contributed by atoms with E-state index >= 15 is 0 Å². The molecule has 0 aliphatic heterocycles. The van der Waals surface area contributed by atoms with Gasteiger partial charge in [0.05, 0.1) is 0 Å². The predicted octanol–water partition coefficient (Wildman–Crippen LogP) is 3.53. The second-order valence-electron chi connectivity index (χ2n) is 4.68. The first-order valence-corrected chi connectivity index (χ1v) is 6.75. The van der Waals surface area contributed by atoms with Gasteiger partial charge in [-0.15, -0.1) is 12.4 Å². The summed E-state index contributed by atoms with van der Waals surface area (Å²) in [7, 11) is 0. The highest BCUT2D eigenvalue weighted by Gasteiger charge is 2.06. The van der Waals surface area contributed by atoms with Gasteiger partial charge >= 0.3 is 5.97 Å². The molecule has 0 fully saturated rings. The van der Waals surface area contributed by atoms with Crippen LogP contribution in [0.15, 0.2) is 24.3 Å². The van der Waals surface area contributed by atoms with Crippen LogP contribution in [-0.2, 0) is 11.3 Å². The van der Waals surface area contributed by atoms with Crippen molar-refractivity contribution in [2.75, 3.05) is 0 Å². The largest absolute Gasteiger partial charge is 0.427 e. The molecule has 2 rings (SSSR count). The number of aromatic amines is 1. The monoisotopic (exact) mass is 296 g/mol. The number of carbonyl (C=O) groups excluding carboxylic acids is 1. The molecule has 2 aromatic rings. The Morgan fingerprint density at radius 2 is 2.10 bits per heavy atom. The number of ether oxygens (including phenoxy) is 1. The number of hydrogen-bond donors (Lipinski definition) is 2. The third-order valence-electron chi connectivity index (χ3n) is 3.08. The van der Waals surface area contributed by atoms with Crippen LogP contribution in [-0.4, -0.2) is 11.0 Å². The molecule has 110 valence electrons. The first-order chi connectivity index (χ1) is 9.22. The van der Waals surface area contributed by atoms with Gasteiger partial charge in [-0.1, -0.05) is 19.8 Å². The van der Waals surface area contributed by atoms with Crippen molar-refractivity contribution in [1.29, 1.82) is 0 Å². The molecule has 1 aromatic carbocycles. The van der Waals surface area contributed by atoms with Crippen molar-refractivity contribution >= 4 is 29.3 Å². The van der Waals surface area contributed by atoms with E-state index in [4.69, 9.17) is 10.5 Å². The molecule has 0 saturated heterocycles. The normalized spacial score (nSPS) is 10.3. The SMILES string of the molecule is CCCCCC(=O)Oc1ccc2[nH]c(CN)cc2c1.Cl. The minimum absolute atomic E-state index is 0. The average Bonchev–Trinajstić information content (AvgIpc) is 2.81. The highest BCUT2D eigenvalue weighted by atomic mass is 35.5. The molecule has 20 heavy (non-hydrogen) atoms. The number of fused-ring (bicyclic) bond motifs is 1. The van der Waals surface area contributed by atoms with Gasteiger partial charge in [0, 0.05) is 29.6 Å². The number of halogens is 1. The summed E-state index contributed by atoms with van der Waals surface area (Å²) < 4.78 is 5.33. The maximum absolute atomic E-state index is 11.6. The highest BCUT2D eigenvalue weighted by molar-refractivity contribution is 5.85. The number of rotatable bonds is 6. The zero-order valence-corrected chi connectivity index (χ0v) is 12.5. The highest BCUT2D eigenvalue weighted by Crippen LogP contribution is 2.22. The molecule has 0 radical (unpaired) electrons. The van der Waals surface area contributed by atoms with Gasteiger partial charge in [0.25, 0.3) is 0 Å². The Morgan fingerprint density at radius 3 is 2.80 bits per heavy atom. The molecule has 0 aliphatic carbocycles. The average molecular weight is 297 g/mol. The van der Waals surface area contributed by atoms with Crippen LogP contribution in [0.3, 0.4) is 0 Å². The van der Waals surface area contributed by atoms with Crippen LogP contribution in [0.1, 0.15) is 38.3 Å². The molecule has 3 N–H and O–H groups in total. The molecule has 0 amide bonds. The van der Waals surface area contributed by atoms with Crippen molar-refractivity contribution in [2.45, 2.75) is 39.2 Å². The maximum atomic E-state index is 11.6. The first-order valence-electron chi connectivity index (χ1n) is 6.75. The summed E-state index contributed by atoms with van der Waals surface area (Å²) in [4.78, 5) is 14.8. The van der Waals surface area contributed by atoms with Crippen molar-refractivity contribution in [3.05, 3.63) is 30.0 Å². The summed E-state index contributed by atoms with van der Waals surface area (Å²) in [5.41, 5.74) is 7.56. The van der Waals surface area contributed by atoms with Crippen LogP contribution in [0.4, 0.5) is 0 Å². The van der Waals surface area contributed by atoms with Gasteiger partial charge in [-0.2, -0.15) is 0 Å². The lowest BCUT2D eigenvalue weighted by Gasteiger charge is -2.04. The predicted molar refractivity (Wildman–Crippen MR) is 83.2 cm³/mol. The van der Waals surface area contributed by atoms with E-state index in [0.29, 0.717) is 18.7 Å². The van der Waals surface area contributed by atoms with Crippen molar-refractivity contribution in [3.63, 3.8) is 0 Å². The number of esters is 1. The summed E-state index contributed by atoms with van der Waals surface area (Å²) in [5, 5.41) is 1.01. The topological polar surface area (TPSA) is 68.1 Å². The lowest BCUT2D eigenvalue weighted by molar-refractivity contribution is -0.134. The Morgan fingerprint density at radius 1 is 1.30 bits per heavy atom. The molecule has 0 unspecified atom stereocenters. The van der Waals surface area contributed by atoms with Crippen LogP contribution in [0, 0.1) is 0 Å². The van der Waals surface area contributed by atoms with Crippen molar-refractivity contribution in [2.24, 2.45) is 5.73 Å². The Kier molecular flexibility index (Phi) is 6.55. The summed E-state index contributed by atoms with van der Waals surface area (Å²) in [6.45, 7) is 2.58. The van der Waals surface area contributed by atoms with Crippen molar-refractivity contribution in [1.82, 2.24) is 4.98 Å². The summed E-state index contributed by atoms with van der Waals surface area (Å²) >= 11 is 0. The number of hydrogen-bond acceptors (Lipinski definition) is 3. The number of unbranched alkanes of at least 4 members (excludes halogenated alkanes) is 2. The Hall–Kier alpha value is -1.52.